The number of carbonyl (C=O) groups is 1. The van der Waals surface area contributed by atoms with Gasteiger partial charge in [0.25, 0.3) is 5.69 Å². The Labute approximate surface area is 100 Å². The predicted molar refractivity (Wildman–Crippen MR) is 61.2 cm³/mol. The molecule has 1 fully saturated rings. The predicted octanol–water partition coefficient (Wildman–Crippen LogP) is 1.96. The lowest BCUT2D eigenvalue weighted by Crippen LogP contribution is -2.13. The van der Waals surface area contributed by atoms with Crippen LogP contribution >= 0.6 is 15.9 Å². The van der Waals surface area contributed by atoms with E-state index in [4.69, 9.17) is 0 Å². The van der Waals surface area contributed by atoms with E-state index in [1.54, 1.807) is 6.07 Å². The summed E-state index contributed by atoms with van der Waals surface area (Å²) < 4.78 is 0.457. The van der Waals surface area contributed by atoms with Gasteiger partial charge in [0.05, 0.1) is 9.40 Å². The average molecular weight is 285 g/mol. The Morgan fingerprint density at radius 1 is 1.50 bits per heavy atom. The van der Waals surface area contributed by atoms with E-state index in [0.29, 0.717) is 17.4 Å². The molecule has 0 saturated carbocycles. The van der Waals surface area contributed by atoms with Gasteiger partial charge < -0.3 is 5.32 Å². The fourth-order valence-corrected chi connectivity index (χ4v) is 2.16. The molecular weight excluding hydrogens is 276 g/mol. The van der Waals surface area contributed by atoms with Gasteiger partial charge in [-0.05, 0) is 27.6 Å². The van der Waals surface area contributed by atoms with Gasteiger partial charge in [0.2, 0.25) is 5.91 Å². The highest BCUT2D eigenvalue weighted by atomic mass is 79.9. The maximum Gasteiger partial charge on any atom is 0.283 e. The first-order chi connectivity index (χ1) is 7.58. The Hall–Kier alpha value is -1.43. The Bertz CT molecular complexity index is 461. The maximum absolute atomic E-state index is 11.1. The van der Waals surface area contributed by atoms with Gasteiger partial charge in [-0.15, -0.1) is 0 Å². The molecule has 1 aliphatic rings. The minimum absolute atomic E-state index is 0.00410. The number of benzene rings is 1. The van der Waals surface area contributed by atoms with Crippen molar-refractivity contribution in [2.75, 3.05) is 6.54 Å². The number of halogens is 1. The van der Waals surface area contributed by atoms with Crippen LogP contribution in [-0.4, -0.2) is 17.4 Å². The van der Waals surface area contributed by atoms with E-state index >= 15 is 0 Å². The van der Waals surface area contributed by atoms with Gasteiger partial charge in [-0.25, -0.2) is 0 Å². The SMILES string of the molecule is O=C1CC(c2ccc(Br)c([N+](=O)[O-])c2)CN1. The van der Waals surface area contributed by atoms with Gasteiger partial charge in [0.15, 0.2) is 0 Å². The van der Waals surface area contributed by atoms with E-state index in [1.807, 2.05) is 6.07 Å². The molecule has 0 bridgehead atoms. The molecule has 1 atom stereocenters. The molecule has 5 nitrogen and oxygen atoms in total. The zero-order valence-electron chi connectivity index (χ0n) is 8.27. The van der Waals surface area contributed by atoms with Crippen molar-refractivity contribution in [1.29, 1.82) is 0 Å². The summed E-state index contributed by atoms with van der Waals surface area (Å²) in [6, 6.07) is 4.98. The molecule has 2 rings (SSSR count). The molecule has 1 aliphatic heterocycles. The molecule has 1 amide bonds. The summed E-state index contributed by atoms with van der Waals surface area (Å²) in [5.41, 5.74) is 0.866. The summed E-state index contributed by atoms with van der Waals surface area (Å²) in [4.78, 5) is 21.4. The van der Waals surface area contributed by atoms with Gasteiger partial charge in [-0.1, -0.05) is 6.07 Å². The van der Waals surface area contributed by atoms with E-state index in [-0.39, 0.29) is 17.5 Å². The highest BCUT2D eigenvalue weighted by Gasteiger charge is 2.25. The topological polar surface area (TPSA) is 72.2 Å². The molecule has 6 heteroatoms. The third kappa shape index (κ3) is 2.06. The number of nitro benzene ring substituents is 1. The molecule has 1 unspecified atom stereocenters. The zero-order chi connectivity index (χ0) is 11.7. The summed E-state index contributed by atoms with van der Waals surface area (Å²) in [7, 11) is 0. The summed E-state index contributed by atoms with van der Waals surface area (Å²) >= 11 is 3.13. The van der Waals surface area contributed by atoms with Crippen molar-refractivity contribution < 1.29 is 9.72 Å². The molecular formula is C10H9BrN2O3. The van der Waals surface area contributed by atoms with Crippen LogP contribution < -0.4 is 5.32 Å². The first-order valence-corrected chi connectivity index (χ1v) is 5.58. The second kappa shape index (κ2) is 4.21. The van der Waals surface area contributed by atoms with Gasteiger partial charge in [0, 0.05) is 24.9 Å². The number of hydrogen-bond donors (Lipinski definition) is 1. The maximum atomic E-state index is 11.1. The second-order valence-electron chi connectivity index (χ2n) is 3.67. The molecule has 0 aliphatic carbocycles. The van der Waals surface area contributed by atoms with E-state index in [9.17, 15) is 14.9 Å². The standard InChI is InChI=1S/C10H9BrN2O3/c11-8-2-1-6(3-9(8)13(15)16)7-4-10(14)12-5-7/h1-3,7H,4-5H2,(H,12,14). The van der Waals surface area contributed by atoms with Crippen LogP contribution in [0.1, 0.15) is 17.9 Å². The van der Waals surface area contributed by atoms with Crippen LogP contribution in [0, 0.1) is 10.1 Å². The third-order valence-corrected chi connectivity index (χ3v) is 3.29. The molecule has 1 aromatic carbocycles. The summed E-state index contributed by atoms with van der Waals surface area (Å²) in [6.07, 6.45) is 0.402. The lowest BCUT2D eigenvalue weighted by atomic mass is 9.98. The normalized spacial score (nSPS) is 19.6. The highest BCUT2D eigenvalue weighted by Crippen LogP contribution is 2.31. The largest absolute Gasteiger partial charge is 0.355 e. The second-order valence-corrected chi connectivity index (χ2v) is 4.53. The molecule has 1 saturated heterocycles. The van der Waals surface area contributed by atoms with Crippen molar-refractivity contribution in [3.8, 4) is 0 Å². The number of carbonyl (C=O) groups excluding carboxylic acids is 1. The van der Waals surface area contributed by atoms with E-state index < -0.39 is 4.92 Å². The van der Waals surface area contributed by atoms with Crippen LogP contribution in [0.25, 0.3) is 0 Å². The fourth-order valence-electron chi connectivity index (χ4n) is 1.76. The molecule has 1 heterocycles. The monoisotopic (exact) mass is 284 g/mol. The first-order valence-electron chi connectivity index (χ1n) is 4.78. The van der Waals surface area contributed by atoms with Crippen molar-refractivity contribution in [2.24, 2.45) is 0 Å². The van der Waals surface area contributed by atoms with E-state index in [0.717, 1.165) is 5.56 Å². The minimum Gasteiger partial charge on any atom is -0.355 e. The molecule has 0 aromatic heterocycles. The number of amides is 1. The van der Waals surface area contributed by atoms with Gasteiger partial charge in [0.1, 0.15) is 0 Å². The first kappa shape index (κ1) is 11.1. The molecule has 16 heavy (non-hydrogen) atoms. The Morgan fingerprint density at radius 3 is 2.81 bits per heavy atom. The lowest BCUT2D eigenvalue weighted by Gasteiger charge is -2.07. The smallest absolute Gasteiger partial charge is 0.283 e. The van der Waals surface area contributed by atoms with Gasteiger partial charge in [-0.3, -0.25) is 14.9 Å². The van der Waals surface area contributed by atoms with Crippen molar-refractivity contribution in [3.63, 3.8) is 0 Å². The van der Waals surface area contributed by atoms with Crippen LogP contribution in [0.4, 0.5) is 5.69 Å². The lowest BCUT2D eigenvalue weighted by molar-refractivity contribution is -0.385. The number of hydrogen-bond acceptors (Lipinski definition) is 3. The van der Waals surface area contributed by atoms with Gasteiger partial charge >= 0.3 is 0 Å². The van der Waals surface area contributed by atoms with Crippen LogP contribution in [-0.2, 0) is 4.79 Å². The number of nitro groups is 1. The molecule has 1 N–H and O–H groups in total. The molecule has 0 radical (unpaired) electrons. The summed E-state index contributed by atoms with van der Waals surface area (Å²) in [5, 5.41) is 13.5. The third-order valence-electron chi connectivity index (χ3n) is 2.62. The summed E-state index contributed by atoms with van der Waals surface area (Å²) in [5.74, 6) is 0.0369. The zero-order valence-corrected chi connectivity index (χ0v) is 9.86. The highest BCUT2D eigenvalue weighted by molar-refractivity contribution is 9.10. The van der Waals surface area contributed by atoms with Crippen molar-refractivity contribution in [2.45, 2.75) is 12.3 Å². The fraction of sp³-hybridized carbons (Fsp3) is 0.300. The van der Waals surface area contributed by atoms with Crippen LogP contribution in [0.15, 0.2) is 22.7 Å². The quantitative estimate of drug-likeness (QED) is 0.667. The van der Waals surface area contributed by atoms with Crippen molar-refractivity contribution in [1.82, 2.24) is 5.32 Å². The van der Waals surface area contributed by atoms with Crippen LogP contribution in [0.5, 0.6) is 0 Å². The average Bonchev–Trinajstić information content (AvgIpc) is 2.65. The van der Waals surface area contributed by atoms with Gasteiger partial charge in [-0.2, -0.15) is 0 Å². The number of rotatable bonds is 2. The Morgan fingerprint density at radius 2 is 2.25 bits per heavy atom. The minimum atomic E-state index is -0.433. The summed E-state index contributed by atoms with van der Waals surface area (Å²) in [6.45, 7) is 0.553. The molecule has 84 valence electrons. The van der Waals surface area contributed by atoms with Crippen LogP contribution in [0.2, 0.25) is 0 Å². The Kier molecular flexibility index (Phi) is 2.91. The molecule has 1 aromatic rings. The van der Waals surface area contributed by atoms with Crippen molar-refractivity contribution >= 4 is 27.5 Å². The van der Waals surface area contributed by atoms with E-state index in [2.05, 4.69) is 21.2 Å². The number of nitrogens with zero attached hydrogens (tertiary/aromatic N) is 1. The Balaban J connectivity index is 2.32. The van der Waals surface area contributed by atoms with E-state index in [1.165, 1.54) is 6.07 Å². The molecule has 0 spiro atoms. The van der Waals surface area contributed by atoms with Crippen LogP contribution in [0.3, 0.4) is 0 Å². The number of nitrogens with one attached hydrogen (secondary N) is 1. The van der Waals surface area contributed by atoms with Crippen molar-refractivity contribution in [3.05, 3.63) is 38.3 Å².